The number of nitrogens with zero attached hydrogens (tertiary/aromatic N) is 2. The van der Waals surface area contributed by atoms with Crippen molar-refractivity contribution < 1.29 is 9.13 Å². The van der Waals surface area contributed by atoms with Gasteiger partial charge in [-0.05, 0) is 99.5 Å². The van der Waals surface area contributed by atoms with Crippen LogP contribution in [0.4, 0.5) is 10.1 Å². The summed E-state index contributed by atoms with van der Waals surface area (Å²) >= 11 is 6.01. The van der Waals surface area contributed by atoms with Gasteiger partial charge in [-0.3, -0.25) is 0 Å². The highest BCUT2D eigenvalue weighted by molar-refractivity contribution is 6.30. The molecule has 1 saturated carbocycles. The zero-order chi connectivity index (χ0) is 32.6. The van der Waals surface area contributed by atoms with Crippen molar-refractivity contribution in [2.45, 2.75) is 105 Å². The van der Waals surface area contributed by atoms with E-state index in [1.54, 1.807) is 6.07 Å². The third-order valence-electron chi connectivity index (χ3n) is 8.47. The highest BCUT2D eigenvalue weighted by Gasteiger charge is 2.18. The van der Waals surface area contributed by atoms with E-state index in [-0.39, 0.29) is 6.10 Å². The second kappa shape index (κ2) is 19.6. The van der Waals surface area contributed by atoms with Gasteiger partial charge in [-0.2, -0.15) is 0 Å². The smallest absolute Gasteiger partial charge is 0.126 e. The Balaban J connectivity index is 0.000000693. The first-order valence-corrected chi connectivity index (χ1v) is 17.4. The maximum Gasteiger partial charge on any atom is 0.126 e. The molecule has 1 N–H and O–H groups in total. The lowest BCUT2D eigenvalue weighted by Crippen LogP contribution is -2.35. The minimum absolute atomic E-state index is 0.273. The number of rotatable bonds is 10. The monoisotopic (exact) mass is 635 g/mol. The van der Waals surface area contributed by atoms with Gasteiger partial charge >= 0.3 is 0 Å². The number of anilines is 1. The molecule has 2 fully saturated rings. The van der Waals surface area contributed by atoms with Crippen molar-refractivity contribution in [2.24, 2.45) is 10.9 Å². The molecule has 1 saturated heterocycles. The van der Waals surface area contributed by atoms with Crippen LogP contribution in [0.25, 0.3) is 5.57 Å². The molecular formula is C39H55ClFN3O. The van der Waals surface area contributed by atoms with Gasteiger partial charge in [-0.15, -0.1) is 0 Å². The zero-order valence-corrected chi connectivity index (χ0v) is 29.2. The molecule has 0 bridgehead atoms. The van der Waals surface area contributed by atoms with Gasteiger partial charge in [-0.25, -0.2) is 9.38 Å². The van der Waals surface area contributed by atoms with Gasteiger partial charge in [0.1, 0.15) is 23.5 Å². The minimum atomic E-state index is -0.390. The van der Waals surface area contributed by atoms with Crippen molar-refractivity contribution in [1.29, 1.82) is 0 Å². The third kappa shape index (κ3) is 13.2. The Morgan fingerprint density at radius 2 is 1.69 bits per heavy atom. The van der Waals surface area contributed by atoms with Crippen LogP contribution in [0.15, 0.2) is 77.0 Å². The standard InChI is InChI=1S/C32H41ClFN3O.C7H14/c1-6-8-10-23(3)32(22-35-24(4)36-28-20-26(33)19-27(34)21-28)31(9-7-2)25-11-13-29(14-12-25)38-30-15-17-37(5)18-16-30;1-7-5-3-2-4-6-7/h9-14,19-22,30H,6-8,15-18H2,1-5H3,(H,35,36);7H,2-6H2,1H3/b23-10+,31-9-,32-22+;. The fourth-order valence-corrected chi connectivity index (χ4v) is 6.01. The van der Waals surface area contributed by atoms with E-state index in [9.17, 15) is 4.39 Å². The maximum atomic E-state index is 13.8. The molecule has 2 aromatic rings. The lowest BCUT2D eigenvalue weighted by atomic mass is 9.91. The summed E-state index contributed by atoms with van der Waals surface area (Å²) in [7, 11) is 2.16. The van der Waals surface area contributed by atoms with Crippen LogP contribution in [0.2, 0.25) is 5.02 Å². The summed E-state index contributed by atoms with van der Waals surface area (Å²) in [6.45, 7) is 12.8. The van der Waals surface area contributed by atoms with E-state index in [4.69, 9.17) is 21.3 Å². The molecule has 1 heterocycles. The Hall–Kier alpha value is -2.89. The van der Waals surface area contributed by atoms with Crippen LogP contribution in [-0.4, -0.2) is 37.0 Å². The molecule has 246 valence electrons. The quantitative estimate of drug-likeness (QED) is 0.160. The predicted molar refractivity (Wildman–Crippen MR) is 193 cm³/mol. The van der Waals surface area contributed by atoms with Gasteiger partial charge in [0.15, 0.2) is 0 Å². The number of nitrogens with one attached hydrogen (secondary N) is 1. The number of aliphatic imine (C=N–C) groups is 1. The topological polar surface area (TPSA) is 36.9 Å². The second-order valence-corrected chi connectivity index (χ2v) is 13.1. The molecule has 4 rings (SSSR count). The number of allylic oxidation sites excluding steroid dienone is 5. The summed E-state index contributed by atoms with van der Waals surface area (Å²) in [4.78, 5) is 7.05. The number of hydrogen-bond donors (Lipinski definition) is 1. The molecular weight excluding hydrogens is 581 g/mol. The number of likely N-dealkylation sites (tertiary alicyclic amines) is 1. The summed E-state index contributed by atoms with van der Waals surface area (Å²) in [5, 5.41) is 3.48. The van der Waals surface area contributed by atoms with Crippen molar-refractivity contribution >= 4 is 28.7 Å². The summed E-state index contributed by atoms with van der Waals surface area (Å²) in [6, 6.07) is 12.8. The molecule has 0 spiro atoms. The highest BCUT2D eigenvalue weighted by atomic mass is 35.5. The third-order valence-corrected chi connectivity index (χ3v) is 8.68. The number of hydrogen-bond acceptors (Lipinski definition) is 3. The zero-order valence-electron chi connectivity index (χ0n) is 28.5. The lowest BCUT2D eigenvalue weighted by molar-refractivity contribution is 0.114. The normalized spacial score (nSPS) is 18.0. The minimum Gasteiger partial charge on any atom is -0.490 e. The molecule has 0 atom stereocenters. The van der Waals surface area contributed by atoms with E-state index in [1.807, 2.05) is 13.1 Å². The van der Waals surface area contributed by atoms with Crippen LogP contribution in [0.5, 0.6) is 5.75 Å². The van der Waals surface area contributed by atoms with Crippen LogP contribution < -0.4 is 10.1 Å². The van der Waals surface area contributed by atoms with Gasteiger partial charge in [0.25, 0.3) is 0 Å². The van der Waals surface area contributed by atoms with E-state index in [0.717, 1.165) is 73.6 Å². The van der Waals surface area contributed by atoms with Crippen molar-refractivity contribution in [3.63, 3.8) is 0 Å². The molecule has 0 aromatic heterocycles. The first kappa shape index (κ1) is 36.6. The van der Waals surface area contributed by atoms with Gasteiger partial charge in [0, 0.05) is 35.6 Å². The van der Waals surface area contributed by atoms with Gasteiger partial charge < -0.3 is 15.0 Å². The van der Waals surface area contributed by atoms with Crippen LogP contribution in [0.1, 0.15) is 104 Å². The van der Waals surface area contributed by atoms with E-state index in [2.05, 4.69) is 81.4 Å². The average Bonchev–Trinajstić information content (AvgIpc) is 3.01. The highest BCUT2D eigenvalue weighted by Crippen LogP contribution is 2.32. The molecule has 45 heavy (non-hydrogen) atoms. The van der Waals surface area contributed by atoms with E-state index >= 15 is 0 Å². The van der Waals surface area contributed by atoms with Crippen molar-refractivity contribution in [3.05, 3.63) is 88.4 Å². The van der Waals surface area contributed by atoms with Crippen LogP contribution >= 0.6 is 11.6 Å². The number of benzene rings is 2. The van der Waals surface area contributed by atoms with Crippen LogP contribution in [-0.2, 0) is 0 Å². The van der Waals surface area contributed by atoms with Crippen molar-refractivity contribution in [1.82, 2.24) is 4.90 Å². The van der Waals surface area contributed by atoms with E-state index in [1.165, 1.54) is 49.8 Å². The van der Waals surface area contributed by atoms with E-state index in [0.29, 0.717) is 16.5 Å². The molecule has 4 nitrogen and oxygen atoms in total. The average molecular weight is 636 g/mol. The number of halogens is 2. The Morgan fingerprint density at radius 3 is 2.27 bits per heavy atom. The SMILES string of the molecule is CC1CCCCC1.CC\C=C(C(=C/N=C(C)Nc1cc(F)cc(Cl)c1)/C(C)=C/CCC)\c1ccc(OC2CCN(C)CC2)cc1. The molecule has 1 aliphatic heterocycles. The van der Waals surface area contributed by atoms with Gasteiger partial charge in [0.05, 0.1) is 0 Å². The second-order valence-electron chi connectivity index (χ2n) is 12.6. The number of piperidine rings is 1. The fraction of sp³-hybridized carbons (Fsp3) is 0.513. The largest absolute Gasteiger partial charge is 0.490 e. The molecule has 0 radical (unpaired) electrons. The summed E-state index contributed by atoms with van der Waals surface area (Å²) < 4.78 is 20.0. The van der Waals surface area contributed by atoms with E-state index < -0.39 is 5.82 Å². The van der Waals surface area contributed by atoms with Gasteiger partial charge in [-0.1, -0.05) is 95.2 Å². The molecule has 0 unspecified atom stereocenters. The number of amidine groups is 1. The van der Waals surface area contributed by atoms with Crippen LogP contribution in [0, 0.1) is 11.7 Å². The van der Waals surface area contributed by atoms with Crippen molar-refractivity contribution in [3.8, 4) is 5.75 Å². The molecule has 6 heteroatoms. The Kier molecular flexibility index (Phi) is 15.9. The first-order valence-electron chi connectivity index (χ1n) is 17.0. The molecule has 2 aliphatic rings. The fourth-order valence-electron chi connectivity index (χ4n) is 5.79. The first-order chi connectivity index (χ1) is 21.7. The van der Waals surface area contributed by atoms with Gasteiger partial charge in [0.2, 0.25) is 0 Å². The Labute approximate surface area is 277 Å². The molecule has 0 amide bonds. The summed E-state index contributed by atoms with van der Waals surface area (Å²) in [5.74, 6) is 2.20. The predicted octanol–water partition coefficient (Wildman–Crippen LogP) is 11.5. The Bertz CT molecular complexity index is 1280. The van der Waals surface area contributed by atoms with Crippen molar-refractivity contribution in [2.75, 3.05) is 25.5 Å². The Morgan fingerprint density at radius 1 is 1.00 bits per heavy atom. The van der Waals surface area contributed by atoms with Crippen LogP contribution in [0.3, 0.4) is 0 Å². The number of ether oxygens (including phenoxy) is 1. The molecule has 1 aliphatic carbocycles. The summed E-state index contributed by atoms with van der Waals surface area (Å²) in [6.07, 6.45) is 19.2. The molecule has 2 aromatic carbocycles. The number of unbranched alkanes of at least 4 members (excludes halogenated alkanes) is 1. The lowest BCUT2D eigenvalue weighted by Gasteiger charge is -2.29. The maximum absolute atomic E-state index is 13.8. The summed E-state index contributed by atoms with van der Waals surface area (Å²) in [5.41, 5.74) is 5.05.